The van der Waals surface area contributed by atoms with Crippen LogP contribution in [0.3, 0.4) is 0 Å². The Kier molecular flexibility index (Phi) is 3.18. The molecule has 0 aliphatic carbocycles. The van der Waals surface area contributed by atoms with Crippen molar-refractivity contribution in [2.24, 2.45) is 9.98 Å². The van der Waals surface area contributed by atoms with Crippen molar-refractivity contribution in [2.45, 2.75) is 6.54 Å². The molecular formula is C9H8Cl2N4. The molecule has 0 spiro atoms. The van der Waals surface area contributed by atoms with Gasteiger partial charge in [0.05, 0.1) is 12.2 Å². The van der Waals surface area contributed by atoms with Gasteiger partial charge in [0, 0.05) is 6.20 Å². The van der Waals surface area contributed by atoms with Crippen LogP contribution in [0, 0.1) is 0 Å². The van der Waals surface area contributed by atoms with Gasteiger partial charge in [-0.05, 0) is 35.3 Å². The highest BCUT2D eigenvalue weighted by atomic mass is 35.5. The predicted octanol–water partition coefficient (Wildman–Crippen LogP) is 2.04. The van der Waals surface area contributed by atoms with E-state index in [0.717, 1.165) is 5.69 Å². The third kappa shape index (κ3) is 2.67. The molecule has 0 saturated heterocycles. The summed E-state index contributed by atoms with van der Waals surface area (Å²) in [6.07, 6.45) is 1.74. The second kappa shape index (κ2) is 4.59. The first-order valence-corrected chi connectivity index (χ1v) is 5.10. The third-order valence-corrected chi connectivity index (χ3v) is 2.42. The monoisotopic (exact) mass is 242 g/mol. The normalized spacial score (nSPS) is 16.0. The van der Waals surface area contributed by atoms with Crippen LogP contribution in [0.15, 0.2) is 34.4 Å². The summed E-state index contributed by atoms with van der Waals surface area (Å²) in [5, 5.41) is 0.540. The van der Waals surface area contributed by atoms with Crippen molar-refractivity contribution in [2.75, 3.05) is 6.67 Å². The minimum Gasteiger partial charge on any atom is -0.321 e. The second-order valence-corrected chi connectivity index (χ2v) is 3.64. The van der Waals surface area contributed by atoms with E-state index in [-0.39, 0.29) is 5.29 Å². The molecule has 0 saturated carbocycles. The largest absolute Gasteiger partial charge is 0.321 e. The summed E-state index contributed by atoms with van der Waals surface area (Å²) < 4.78 is 0. The summed E-state index contributed by atoms with van der Waals surface area (Å²) in [6.45, 7) is 0.995. The van der Waals surface area contributed by atoms with Gasteiger partial charge >= 0.3 is 0 Å². The molecule has 2 rings (SSSR count). The average molecular weight is 243 g/mol. The number of hydrogen-bond donors (Lipinski definition) is 0. The minimum atomic E-state index is 0.192. The standard InChI is InChI=1S/C9H8Cl2N4/c10-8-13-6-15(9(11)14-8)5-7-3-1-2-4-12-7/h1-4H,5-6H2. The number of hydrogen-bond acceptors (Lipinski definition) is 4. The molecule has 1 aliphatic rings. The second-order valence-electron chi connectivity index (χ2n) is 2.97. The van der Waals surface area contributed by atoms with E-state index in [2.05, 4.69) is 15.0 Å². The Labute approximate surface area is 97.3 Å². The van der Waals surface area contributed by atoms with Crippen LogP contribution in [0.25, 0.3) is 0 Å². The average Bonchev–Trinajstić information content (AvgIpc) is 2.24. The number of pyridine rings is 1. The highest BCUT2D eigenvalue weighted by Crippen LogP contribution is 2.10. The van der Waals surface area contributed by atoms with E-state index in [1.54, 1.807) is 11.1 Å². The van der Waals surface area contributed by atoms with Crippen molar-refractivity contribution in [3.8, 4) is 0 Å². The van der Waals surface area contributed by atoms with Crippen LogP contribution < -0.4 is 0 Å². The molecule has 6 heteroatoms. The van der Waals surface area contributed by atoms with Gasteiger partial charge in [-0.3, -0.25) is 4.98 Å². The third-order valence-electron chi connectivity index (χ3n) is 1.90. The first kappa shape index (κ1) is 10.4. The van der Waals surface area contributed by atoms with Crippen LogP contribution in [-0.2, 0) is 6.54 Å². The molecule has 0 fully saturated rings. The van der Waals surface area contributed by atoms with Crippen molar-refractivity contribution < 1.29 is 0 Å². The Hall–Kier alpha value is -1.13. The van der Waals surface area contributed by atoms with Crippen LogP contribution in [0.2, 0.25) is 0 Å². The van der Waals surface area contributed by atoms with E-state index in [9.17, 15) is 0 Å². The first-order valence-electron chi connectivity index (χ1n) is 4.35. The molecule has 0 radical (unpaired) electrons. The maximum absolute atomic E-state index is 5.91. The lowest BCUT2D eigenvalue weighted by molar-refractivity contribution is 0.424. The van der Waals surface area contributed by atoms with E-state index < -0.39 is 0 Å². The highest BCUT2D eigenvalue weighted by molar-refractivity contribution is 6.71. The molecule has 1 aromatic rings. The Morgan fingerprint density at radius 1 is 1.33 bits per heavy atom. The summed E-state index contributed by atoms with van der Waals surface area (Å²) >= 11 is 11.5. The molecule has 4 nitrogen and oxygen atoms in total. The first-order chi connectivity index (χ1) is 7.25. The van der Waals surface area contributed by atoms with Gasteiger partial charge in [0.2, 0.25) is 10.6 Å². The van der Waals surface area contributed by atoms with E-state index in [1.807, 2.05) is 18.2 Å². The van der Waals surface area contributed by atoms with Crippen LogP contribution >= 0.6 is 23.2 Å². The fraction of sp³-hybridized carbons (Fsp3) is 0.222. The SMILES string of the molecule is ClC1=NCN(Cc2ccccn2)C(Cl)=N1. The van der Waals surface area contributed by atoms with Gasteiger partial charge in [0.1, 0.15) is 6.67 Å². The zero-order valence-corrected chi connectivity index (χ0v) is 9.28. The quantitative estimate of drug-likeness (QED) is 0.746. The molecular weight excluding hydrogens is 235 g/mol. The van der Waals surface area contributed by atoms with Crippen molar-refractivity contribution in [3.05, 3.63) is 30.1 Å². The molecule has 2 heterocycles. The smallest absolute Gasteiger partial charge is 0.222 e. The summed E-state index contributed by atoms with van der Waals surface area (Å²) in [7, 11) is 0. The van der Waals surface area contributed by atoms with Gasteiger partial charge in [0.15, 0.2) is 0 Å². The molecule has 1 aromatic heterocycles. The number of nitrogens with zero attached hydrogens (tertiary/aromatic N) is 4. The number of rotatable bonds is 2. The number of halogens is 2. The van der Waals surface area contributed by atoms with Crippen molar-refractivity contribution in [1.29, 1.82) is 0 Å². The molecule has 0 bridgehead atoms. The van der Waals surface area contributed by atoms with Crippen molar-refractivity contribution in [3.63, 3.8) is 0 Å². The number of aliphatic imine (C=N–C) groups is 2. The fourth-order valence-corrected chi connectivity index (χ4v) is 1.56. The van der Waals surface area contributed by atoms with E-state index >= 15 is 0 Å². The summed E-state index contributed by atoms with van der Waals surface area (Å²) in [5.74, 6) is 0. The molecule has 0 atom stereocenters. The van der Waals surface area contributed by atoms with Crippen LogP contribution in [0.4, 0.5) is 0 Å². The lowest BCUT2D eigenvalue weighted by atomic mass is 10.3. The maximum atomic E-state index is 5.91. The fourth-order valence-electron chi connectivity index (χ4n) is 1.19. The molecule has 0 N–H and O–H groups in total. The molecule has 0 amide bonds. The Morgan fingerprint density at radius 3 is 2.87 bits per heavy atom. The van der Waals surface area contributed by atoms with E-state index in [0.29, 0.717) is 18.5 Å². The maximum Gasteiger partial charge on any atom is 0.222 e. The zero-order valence-electron chi connectivity index (χ0n) is 7.77. The molecule has 78 valence electrons. The Bertz CT molecular complexity index is 402. The van der Waals surface area contributed by atoms with Crippen molar-refractivity contribution in [1.82, 2.24) is 9.88 Å². The van der Waals surface area contributed by atoms with Gasteiger partial charge in [-0.15, -0.1) is 0 Å². The van der Waals surface area contributed by atoms with Gasteiger partial charge in [-0.1, -0.05) is 6.07 Å². The predicted molar refractivity (Wildman–Crippen MR) is 61.2 cm³/mol. The molecule has 1 aliphatic heterocycles. The van der Waals surface area contributed by atoms with Gasteiger partial charge in [-0.25, -0.2) is 4.99 Å². The highest BCUT2D eigenvalue weighted by Gasteiger charge is 2.14. The van der Waals surface area contributed by atoms with Gasteiger partial charge in [0.25, 0.3) is 0 Å². The molecule has 15 heavy (non-hydrogen) atoms. The van der Waals surface area contributed by atoms with Crippen molar-refractivity contribution >= 4 is 33.8 Å². The number of amidine groups is 2. The minimum absolute atomic E-state index is 0.192. The molecule has 0 aromatic carbocycles. The van der Waals surface area contributed by atoms with E-state index in [4.69, 9.17) is 23.2 Å². The summed E-state index contributed by atoms with van der Waals surface area (Å²) in [4.78, 5) is 13.8. The summed E-state index contributed by atoms with van der Waals surface area (Å²) in [6, 6.07) is 5.71. The molecule has 0 unspecified atom stereocenters. The van der Waals surface area contributed by atoms with Gasteiger partial charge < -0.3 is 4.90 Å². The van der Waals surface area contributed by atoms with Crippen LogP contribution in [-0.4, -0.2) is 27.1 Å². The topological polar surface area (TPSA) is 40.9 Å². The Morgan fingerprint density at radius 2 is 2.20 bits per heavy atom. The van der Waals surface area contributed by atoms with E-state index in [1.165, 1.54) is 0 Å². The lowest BCUT2D eigenvalue weighted by Crippen LogP contribution is -2.30. The Balaban J connectivity index is 2.06. The number of aromatic nitrogens is 1. The van der Waals surface area contributed by atoms with Gasteiger partial charge in [-0.2, -0.15) is 4.99 Å². The van der Waals surface area contributed by atoms with Crippen LogP contribution in [0.1, 0.15) is 5.69 Å². The van der Waals surface area contributed by atoms with Crippen LogP contribution in [0.5, 0.6) is 0 Å². The zero-order chi connectivity index (χ0) is 10.7. The lowest BCUT2D eigenvalue weighted by Gasteiger charge is -2.22. The summed E-state index contributed by atoms with van der Waals surface area (Å²) in [5.41, 5.74) is 0.916.